The van der Waals surface area contributed by atoms with E-state index in [1.807, 2.05) is 20.8 Å². The maximum atomic E-state index is 11.5. The molecule has 1 aromatic rings. The predicted molar refractivity (Wildman–Crippen MR) is 63.5 cm³/mol. The van der Waals surface area contributed by atoms with E-state index in [1.165, 1.54) is 0 Å². The maximum absolute atomic E-state index is 11.5. The topological polar surface area (TPSA) is 123 Å². The van der Waals surface area contributed by atoms with E-state index in [-0.39, 0.29) is 24.0 Å². The van der Waals surface area contributed by atoms with Gasteiger partial charge in [-0.05, 0) is 10.3 Å². The Kier molecular flexibility index (Phi) is 4.24. The Bertz CT molecular complexity index is 435. The van der Waals surface area contributed by atoms with Gasteiger partial charge in [0.2, 0.25) is 17.4 Å². The van der Waals surface area contributed by atoms with E-state index in [2.05, 4.69) is 25.6 Å². The molecule has 100 valence electrons. The number of carbonyl (C=O) groups is 2. The number of hydrogen-bond acceptors (Lipinski definition) is 6. The van der Waals surface area contributed by atoms with Gasteiger partial charge in [-0.15, -0.1) is 0 Å². The molecule has 2 amide bonds. The number of aromatic nitrogens is 2. The molecule has 0 aliphatic carbocycles. The van der Waals surface area contributed by atoms with Crippen LogP contribution in [0.2, 0.25) is 0 Å². The van der Waals surface area contributed by atoms with Crippen molar-refractivity contribution < 1.29 is 14.2 Å². The van der Waals surface area contributed by atoms with E-state index in [0.717, 1.165) is 0 Å². The fourth-order valence-corrected chi connectivity index (χ4v) is 1.05. The Balaban J connectivity index is 2.29. The third-order valence-electron chi connectivity index (χ3n) is 2.11. The zero-order valence-corrected chi connectivity index (χ0v) is 10.6. The third kappa shape index (κ3) is 3.72. The Morgan fingerprint density at radius 2 is 1.83 bits per heavy atom. The molecule has 0 unspecified atom stereocenters. The predicted octanol–water partition coefficient (Wildman–Crippen LogP) is -0.456. The standard InChI is InChI=1S/C10H17N5O3/c1-10(2,3)9(17)13-5-4-12-8(16)6-7(11)15-18-14-6/h4-5H2,1-3H3,(H2,11,15)(H,12,16)(H,13,17). The van der Waals surface area contributed by atoms with Gasteiger partial charge < -0.3 is 16.4 Å². The minimum absolute atomic E-state index is 0.0582. The van der Waals surface area contributed by atoms with Crippen molar-refractivity contribution in [2.75, 3.05) is 18.8 Å². The molecule has 0 spiro atoms. The van der Waals surface area contributed by atoms with Crippen LogP contribution in [0, 0.1) is 5.41 Å². The molecule has 0 bridgehead atoms. The lowest BCUT2D eigenvalue weighted by Gasteiger charge is -2.17. The number of nitrogens with zero attached hydrogens (tertiary/aromatic N) is 2. The number of rotatable bonds is 4. The van der Waals surface area contributed by atoms with Crippen LogP contribution in [-0.2, 0) is 4.79 Å². The average Bonchev–Trinajstić information content (AvgIpc) is 2.68. The van der Waals surface area contributed by atoms with Gasteiger partial charge in [0.1, 0.15) is 0 Å². The van der Waals surface area contributed by atoms with Gasteiger partial charge in [0.05, 0.1) is 0 Å². The minimum Gasteiger partial charge on any atom is -0.379 e. The van der Waals surface area contributed by atoms with Crippen LogP contribution in [0.3, 0.4) is 0 Å². The van der Waals surface area contributed by atoms with Crippen LogP contribution in [-0.4, -0.2) is 35.2 Å². The van der Waals surface area contributed by atoms with E-state index in [0.29, 0.717) is 6.54 Å². The van der Waals surface area contributed by atoms with E-state index in [9.17, 15) is 9.59 Å². The Hall–Kier alpha value is -2.12. The number of amides is 2. The zero-order valence-electron chi connectivity index (χ0n) is 10.6. The quantitative estimate of drug-likeness (QED) is 0.626. The summed E-state index contributed by atoms with van der Waals surface area (Å²) in [6.07, 6.45) is 0. The molecule has 0 saturated carbocycles. The van der Waals surface area contributed by atoms with Crippen molar-refractivity contribution in [3.63, 3.8) is 0 Å². The molecule has 4 N–H and O–H groups in total. The van der Waals surface area contributed by atoms with E-state index in [1.54, 1.807) is 0 Å². The molecule has 0 saturated heterocycles. The molecule has 8 heteroatoms. The SMILES string of the molecule is CC(C)(C)C(=O)NCCNC(=O)c1nonc1N. The van der Waals surface area contributed by atoms with Crippen LogP contribution >= 0.6 is 0 Å². The lowest BCUT2D eigenvalue weighted by atomic mass is 9.96. The van der Waals surface area contributed by atoms with Gasteiger partial charge in [0.15, 0.2) is 0 Å². The first kappa shape index (κ1) is 13.9. The highest BCUT2D eigenvalue weighted by Crippen LogP contribution is 2.11. The minimum atomic E-state index is -0.487. The largest absolute Gasteiger partial charge is 0.379 e. The summed E-state index contributed by atoms with van der Waals surface area (Å²) in [4.78, 5) is 23.0. The molecule has 0 aliphatic rings. The summed E-state index contributed by atoms with van der Waals surface area (Å²) in [6.45, 7) is 6.02. The smallest absolute Gasteiger partial charge is 0.277 e. The maximum Gasteiger partial charge on any atom is 0.277 e. The second-order valence-electron chi connectivity index (χ2n) is 4.76. The summed E-state index contributed by atoms with van der Waals surface area (Å²) in [5, 5.41) is 11.9. The number of anilines is 1. The van der Waals surface area contributed by atoms with Crippen molar-refractivity contribution in [2.24, 2.45) is 5.41 Å². The van der Waals surface area contributed by atoms with Crippen LogP contribution in [0.15, 0.2) is 4.63 Å². The van der Waals surface area contributed by atoms with E-state index >= 15 is 0 Å². The Labute approximate surface area is 104 Å². The van der Waals surface area contributed by atoms with Crippen molar-refractivity contribution in [1.29, 1.82) is 0 Å². The number of carbonyl (C=O) groups excluding carboxylic acids is 2. The van der Waals surface area contributed by atoms with Crippen molar-refractivity contribution in [2.45, 2.75) is 20.8 Å². The molecule has 8 nitrogen and oxygen atoms in total. The second kappa shape index (κ2) is 5.48. The Morgan fingerprint density at radius 3 is 2.33 bits per heavy atom. The highest BCUT2D eigenvalue weighted by atomic mass is 16.6. The van der Waals surface area contributed by atoms with Crippen molar-refractivity contribution in [3.05, 3.63) is 5.69 Å². The van der Waals surface area contributed by atoms with Crippen molar-refractivity contribution >= 4 is 17.6 Å². The summed E-state index contributed by atoms with van der Waals surface area (Å²) < 4.78 is 4.30. The zero-order chi connectivity index (χ0) is 13.8. The lowest BCUT2D eigenvalue weighted by Crippen LogP contribution is -2.40. The first-order valence-corrected chi connectivity index (χ1v) is 5.47. The number of nitrogens with one attached hydrogen (secondary N) is 2. The summed E-state index contributed by atoms with van der Waals surface area (Å²) in [5.41, 5.74) is 4.84. The van der Waals surface area contributed by atoms with Gasteiger partial charge >= 0.3 is 0 Å². The van der Waals surface area contributed by atoms with Gasteiger partial charge in [-0.3, -0.25) is 9.59 Å². The summed E-state index contributed by atoms with van der Waals surface area (Å²) >= 11 is 0. The normalized spacial score (nSPS) is 11.1. The summed E-state index contributed by atoms with van der Waals surface area (Å²) in [7, 11) is 0. The number of hydrogen-bond donors (Lipinski definition) is 3. The molecule has 1 aromatic heterocycles. The summed E-state index contributed by atoms with van der Waals surface area (Å²) in [6, 6.07) is 0. The lowest BCUT2D eigenvalue weighted by molar-refractivity contribution is -0.128. The molecule has 18 heavy (non-hydrogen) atoms. The monoisotopic (exact) mass is 255 g/mol. The van der Waals surface area contributed by atoms with Gasteiger partial charge in [0.25, 0.3) is 5.91 Å². The molecule has 0 atom stereocenters. The van der Waals surface area contributed by atoms with Crippen LogP contribution in [0.25, 0.3) is 0 Å². The first-order valence-electron chi connectivity index (χ1n) is 5.47. The van der Waals surface area contributed by atoms with E-state index < -0.39 is 11.3 Å². The first-order chi connectivity index (χ1) is 8.32. The van der Waals surface area contributed by atoms with Crippen LogP contribution in [0.5, 0.6) is 0 Å². The molecule has 1 rings (SSSR count). The van der Waals surface area contributed by atoms with Crippen LogP contribution in [0.4, 0.5) is 5.82 Å². The summed E-state index contributed by atoms with van der Waals surface area (Å²) in [5.74, 6) is -0.635. The molecule has 0 aromatic carbocycles. The molecule has 0 radical (unpaired) electrons. The molecule has 1 heterocycles. The van der Waals surface area contributed by atoms with Crippen LogP contribution < -0.4 is 16.4 Å². The second-order valence-corrected chi connectivity index (χ2v) is 4.76. The number of nitrogens with two attached hydrogens (primary N) is 1. The van der Waals surface area contributed by atoms with E-state index in [4.69, 9.17) is 5.73 Å². The average molecular weight is 255 g/mol. The molecular formula is C10H17N5O3. The van der Waals surface area contributed by atoms with Crippen molar-refractivity contribution in [1.82, 2.24) is 20.9 Å². The van der Waals surface area contributed by atoms with Gasteiger partial charge in [-0.2, -0.15) is 0 Å². The van der Waals surface area contributed by atoms with Gasteiger partial charge in [-0.1, -0.05) is 20.8 Å². The van der Waals surface area contributed by atoms with Gasteiger partial charge in [0, 0.05) is 18.5 Å². The number of nitrogen functional groups attached to an aromatic ring is 1. The Morgan fingerprint density at radius 1 is 1.22 bits per heavy atom. The highest BCUT2D eigenvalue weighted by molar-refractivity contribution is 5.96. The van der Waals surface area contributed by atoms with Crippen molar-refractivity contribution in [3.8, 4) is 0 Å². The van der Waals surface area contributed by atoms with Gasteiger partial charge in [-0.25, -0.2) is 4.63 Å². The fraction of sp³-hybridized carbons (Fsp3) is 0.600. The molecular weight excluding hydrogens is 238 g/mol. The molecule has 0 aliphatic heterocycles. The fourth-order valence-electron chi connectivity index (χ4n) is 1.05. The van der Waals surface area contributed by atoms with Crippen LogP contribution in [0.1, 0.15) is 31.3 Å². The molecule has 0 fully saturated rings. The highest BCUT2D eigenvalue weighted by Gasteiger charge is 2.20. The third-order valence-corrected chi connectivity index (χ3v) is 2.11.